The molecule has 2 saturated heterocycles. The van der Waals surface area contributed by atoms with Gasteiger partial charge in [0.2, 0.25) is 0 Å². The summed E-state index contributed by atoms with van der Waals surface area (Å²) >= 11 is 0. The average molecular weight is 711 g/mol. The fraction of sp³-hybridized carbons (Fsp3) is 0.513. The number of rotatable bonds is 17. The summed E-state index contributed by atoms with van der Waals surface area (Å²) in [5, 5.41) is 11.4. The van der Waals surface area contributed by atoms with Crippen molar-refractivity contribution in [1.29, 1.82) is 0 Å². The second-order valence-electron chi connectivity index (χ2n) is 12.5. The van der Waals surface area contributed by atoms with Crippen LogP contribution in [-0.2, 0) is 72.0 Å². The molecule has 3 aromatic rings. The Balaban J connectivity index is 1.52. The second kappa shape index (κ2) is 19.0. The number of aliphatic hydroxyl groups is 1. The third-order valence-corrected chi connectivity index (χ3v) is 9.39. The minimum Gasteiger partial charge on any atom is -0.467 e. The normalized spacial score (nSPS) is 30.9. The summed E-state index contributed by atoms with van der Waals surface area (Å²) in [6.07, 6.45) is -8.82. The van der Waals surface area contributed by atoms with Gasteiger partial charge >= 0.3 is 5.97 Å². The lowest BCUT2D eigenvalue weighted by Crippen LogP contribution is -2.70. The third-order valence-electron chi connectivity index (χ3n) is 9.39. The molecule has 10 atom stereocenters. The first-order valence-corrected chi connectivity index (χ1v) is 17.1. The van der Waals surface area contributed by atoms with Gasteiger partial charge in [-0.15, -0.1) is 0 Å². The molecule has 0 amide bonds. The van der Waals surface area contributed by atoms with Crippen molar-refractivity contribution >= 4 is 5.97 Å². The van der Waals surface area contributed by atoms with Crippen LogP contribution in [0.3, 0.4) is 0 Å². The summed E-state index contributed by atoms with van der Waals surface area (Å²) in [7, 11) is 5.65. The highest BCUT2D eigenvalue weighted by molar-refractivity contribution is 5.80. The molecule has 0 aromatic heterocycles. The van der Waals surface area contributed by atoms with Crippen LogP contribution in [0.4, 0.5) is 0 Å². The molecule has 3 aromatic carbocycles. The maximum atomic E-state index is 13.3. The molecule has 0 saturated carbocycles. The van der Waals surface area contributed by atoms with Gasteiger partial charge in [-0.2, -0.15) is 0 Å². The predicted molar refractivity (Wildman–Crippen MR) is 184 cm³/mol. The van der Waals surface area contributed by atoms with E-state index in [9.17, 15) is 9.90 Å². The highest BCUT2D eigenvalue weighted by atomic mass is 16.8. The number of methoxy groups -OCH3 is 4. The van der Waals surface area contributed by atoms with Crippen LogP contribution in [0.15, 0.2) is 91.0 Å². The maximum Gasteiger partial charge on any atom is 0.341 e. The van der Waals surface area contributed by atoms with E-state index in [2.05, 4.69) is 0 Å². The maximum absolute atomic E-state index is 13.3. The van der Waals surface area contributed by atoms with Crippen molar-refractivity contribution in [1.82, 2.24) is 0 Å². The van der Waals surface area contributed by atoms with E-state index in [-0.39, 0.29) is 26.2 Å². The van der Waals surface area contributed by atoms with Gasteiger partial charge < -0.3 is 52.5 Å². The van der Waals surface area contributed by atoms with Crippen LogP contribution in [0.5, 0.6) is 0 Å². The van der Waals surface area contributed by atoms with Gasteiger partial charge in [-0.25, -0.2) is 4.79 Å². The second-order valence-corrected chi connectivity index (χ2v) is 12.5. The molecule has 1 N–H and O–H groups in total. The van der Waals surface area contributed by atoms with Crippen molar-refractivity contribution < 1.29 is 57.3 Å². The summed E-state index contributed by atoms with van der Waals surface area (Å²) < 4.78 is 61.8. The summed E-state index contributed by atoms with van der Waals surface area (Å²) in [4.78, 5) is 13.3. The van der Waals surface area contributed by atoms with Gasteiger partial charge in [0.25, 0.3) is 0 Å². The van der Waals surface area contributed by atoms with Gasteiger partial charge in [-0.3, -0.25) is 0 Å². The molecule has 0 aliphatic carbocycles. The number of benzene rings is 3. The van der Waals surface area contributed by atoms with Crippen molar-refractivity contribution in [2.45, 2.75) is 94.1 Å². The molecule has 278 valence electrons. The first-order valence-electron chi connectivity index (χ1n) is 17.1. The number of carbonyl (C=O) groups is 1. The van der Waals surface area contributed by atoms with E-state index in [1.807, 2.05) is 91.0 Å². The number of aliphatic hydroxyl groups excluding tert-OH is 1. The molecule has 2 aliphatic rings. The Morgan fingerprint density at radius 1 is 0.667 bits per heavy atom. The Morgan fingerprint density at radius 3 is 1.69 bits per heavy atom. The van der Waals surface area contributed by atoms with E-state index in [1.165, 1.54) is 21.3 Å². The van der Waals surface area contributed by atoms with Crippen molar-refractivity contribution in [2.75, 3.05) is 35.0 Å². The van der Waals surface area contributed by atoms with Gasteiger partial charge in [-0.1, -0.05) is 97.9 Å². The van der Waals surface area contributed by atoms with Crippen LogP contribution in [0, 0.1) is 0 Å². The zero-order valence-corrected chi connectivity index (χ0v) is 29.8. The molecule has 0 radical (unpaired) electrons. The quantitative estimate of drug-likeness (QED) is 0.202. The molecule has 12 heteroatoms. The van der Waals surface area contributed by atoms with Crippen LogP contribution >= 0.6 is 0 Å². The summed E-state index contributed by atoms with van der Waals surface area (Å²) in [6.45, 7) is 2.55. The van der Waals surface area contributed by atoms with Crippen LogP contribution < -0.4 is 0 Å². The van der Waals surface area contributed by atoms with Crippen molar-refractivity contribution in [3.05, 3.63) is 108 Å². The number of esters is 1. The Kier molecular flexibility index (Phi) is 14.5. The zero-order chi connectivity index (χ0) is 36.2. The molecule has 12 nitrogen and oxygen atoms in total. The highest BCUT2D eigenvalue weighted by Gasteiger charge is 2.61. The summed E-state index contributed by atoms with van der Waals surface area (Å²) in [5.41, 5.74) is 1.03. The third kappa shape index (κ3) is 9.21. The van der Waals surface area contributed by atoms with E-state index >= 15 is 0 Å². The van der Waals surface area contributed by atoms with E-state index < -0.39 is 66.9 Å². The first kappa shape index (κ1) is 38.9. The Bertz CT molecular complexity index is 1450. The molecule has 2 aliphatic heterocycles. The van der Waals surface area contributed by atoms with Gasteiger partial charge in [0.05, 0.1) is 33.5 Å². The summed E-state index contributed by atoms with van der Waals surface area (Å²) in [6, 6.07) is 29.2. The lowest BCUT2D eigenvalue weighted by molar-refractivity contribution is -0.379. The van der Waals surface area contributed by atoms with Gasteiger partial charge in [0, 0.05) is 21.3 Å². The molecule has 2 fully saturated rings. The van der Waals surface area contributed by atoms with Crippen molar-refractivity contribution in [2.24, 2.45) is 0 Å². The minimum atomic E-state index is -1.82. The fourth-order valence-electron chi connectivity index (χ4n) is 6.62. The molecule has 51 heavy (non-hydrogen) atoms. The molecule has 5 rings (SSSR count). The monoisotopic (exact) mass is 710 g/mol. The van der Waals surface area contributed by atoms with Crippen LogP contribution in [0.1, 0.15) is 30.0 Å². The van der Waals surface area contributed by atoms with E-state index in [0.29, 0.717) is 6.61 Å². The molecular weight excluding hydrogens is 660 g/mol. The Morgan fingerprint density at radius 2 is 1.20 bits per heavy atom. The van der Waals surface area contributed by atoms with Crippen LogP contribution in [0.25, 0.3) is 0 Å². The topological polar surface area (TPSA) is 130 Å². The van der Waals surface area contributed by atoms with Crippen molar-refractivity contribution in [3.63, 3.8) is 0 Å². The Hall–Kier alpha value is -3.27. The molecular formula is C39H50O12. The molecule has 0 spiro atoms. The van der Waals surface area contributed by atoms with Gasteiger partial charge in [-0.05, 0) is 23.1 Å². The smallest absolute Gasteiger partial charge is 0.341 e. The van der Waals surface area contributed by atoms with Gasteiger partial charge in [0.1, 0.15) is 42.7 Å². The molecule has 4 unspecified atom stereocenters. The highest BCUT2D eigenvalue weighted by Crippen LogP contribution is 2.39. The number of carbonyl (C=O) groups excluding carboxylic acids is 1. The standard InChI is InChI=1S/C39H50O12/c1-6-39(38(41)45-5)35(40)32(42-2)33(43-3)37(51-39)50-30-29(25-46-22-26-16-10-7-11-17-26)49-36(44-4)34(48-24-28-20-14-9-15-21-28)31(30)47-23-27-18-12-8-13-19-27/h7-21,29-37,40H,6,22-25H2,1-5H3/t29?,30-,31-,32-,33?,34?,35+,36+,37-,39?/m1/s1. The number of ether oxygens (including phenoxy) is 10. The van der Waals surface area contributed by atoms with Crippen molar-refractivity contribution in [3.8, 4) is 0 Å². The zero-order valence-electron chi connectivity index (χ0n) is 29.8. The molecule has 2 heterocycles. The van der Waals surface area contributed by atoms with Crippen LogP contribution in [-0.4, -0.2) is 107 Å². The minimum absolute atomic E-state index is 0.0598. The van der Waals surface area contributed by atoms with Crippen LogP contribution in [0.2, 0.25) is 0 Å². The van der Waals surface area contributed by atoms with E-state index in [0.717, 1.165) is 16.7 Å². The lowest BCUT2D eigenvalue weighted by Gasteiger charge is -2.51. The lowest BCUT2D eigenvalue weighted by atomic mass is 9.84. The molecule has 0 bridgehead atoms. The summed E-state index contributed by atoms with van der Waals surface area (Å²) in [5.74, 6) is -0.772. The number of hydrogen-bond donors (Lipinski definition) is 1. The predicted octanol–water partition coefficient (Wildman–Crippen LogP) is 4.20. The Labute approximate surface area is 299 Å². The largest absolute Gasteiger partial charge is 0.467 e. The first-order chi connectivity index (χ1) is 24.9. The average Bonchev–Trinajstić information content (AvgIpc) is 3.18. The van der Waals surface area contributed by atoms with E-state index in [1.54, 1.807) is 14.0 Å². The van der Waals surface area contributed by atoms with E-state index in [4.69, 9.17) is 47.4 Å². The number of hydrogen-bond acceptors (Lipinski definition) is 12. The fourth-order valence-corrected chi connectivity index (χ4v) is 6.62. The van der Waals surface area contributed by atoms with Gasteiger partial charge in [0.15, 0.2) is 18.2 Å². The SMILES string of the molecule is CCC1(C(=O)OC)O[C@@H](O[C@@H]2C(COCc3ccccc3)O[C@H](OC)C(OCc3ccccc3)[C@@H]2OCc2ccccc2)C(OC)[C@@H](OC)[C@@H]1O.